The molecule has 166 valence electrons. The Bertz CT molecular complexity index is 1440. The number of anilines is 2. The topological polar surface area (TPSA) is 96.0 Å². The Morgan fingerprint density at radius 2 is 2.00 bits per heavy atom. The Kier molecular flexibility index (Phi) is 5.72. The molecule has 2 N–H and O–H groups in total. The van der Waals surface area contributed by atoms with Crippen molar-refractivity contribution in [3.63, 3.8) is 0 Å². The van der Waals surface area contributed by atoms with E-state index in [1.807, 2.05) is 56.6 Å². The number of hydrogen-bond acceptors (Lipinski definition) is 8. The van der Waals surface area contributed by atoms with E-state index in [1.165, 1.54) is 11.3 Å². The van der Waals surface area contributed by atoms with E-state index < -0.39 is 0 Å². The van der Waals surface area contributed by atoms with E-state index in [1.54, 1.807) is 12.3 Å². The van der Waals surface area contributed by atoms with Crippen molar-refractivity contribution in [2.75, 3.05) is 32.6 Å². The van der Waals surface area contributed by atoms with Crippen molar-refractivity contribution in [2.24, 2.45) is 0 Å². The summed E-state index contributed by atoms with van der Waals surface area (Å²) < 4.78 is 6.94. The number of aldehydes is 1. The number of aromatic nitrogens is 4. The van der Waals surface area contributed by atoms with Gasteiger partial charge in [-0.1, -0.05) is 12.1 Å². The third-order valence-electron chi connectivity index (χ3n) is 5.12. The zero-order chi connectivity index (χ0) is 22.8. The van der Waals surface area contributed by atoms with Gasteiger partial charge >= 0.3 is 0 Å². The lowest BCUT2D eigenvalue weighted by atomic mass is 10.1. The molecule has 0 bridgehead atoms. The Balaban J connectivity index is 1.50. The molecule has 0 aliphatic heterocycles. The van der Waals surface area contributed by atoms with Crippen LogP contribution >= 0.6 is 11.3 Å². The second kappa shape index (κ2) is 8.97. The maximum Gasteiger partial charge on any atom is 0.219 e. The van der Waals surface area contributed by atoms with Gasteiger partial charge in [0.15, 0.2) is 12.1 Å². The largest absolute Gasteiger partial charge is 0.476 e. The summed E-state index contributed by atoms with van der Waals surface area (Å²) in [6.45, 7) is 1.28. The third kappa shape index (κ3) is 4.69. The highest BCUT2D eigenvalue weighted by molar-refractivity contribution is 7.20. The SMILES string of the molecule is CN(C)CCOc1cc(Nc2ccc3[nH]ncc3c2)nc(-c2ccc3cc(C=O)sc3c2)n1. The Hall–Kier alpha value is -3.82. The normalized spacial score (nSPS) is 11.4. The summed E-state index contributed by atoms with van der Waals surface area (Å²) in [5.74, 6) is 1.67. The minimum Gasteiger partial charge on any atom is -0.476 e. The lowest BCUT2D eigenvalue weighted by molar-refractivity contribution is 0.112. The van der Waals surface area contributed by atoms with Crippen LogP contribution in [0.25, 0.3) is 32.4 Å². The monoisotopic (exact) mass is 458 g/mol. The van der Waals surface area contributed by atoms with Gasteiger partial charge in [-0.2, -0.15) is 10.1 Å². The molecule has 0 radical (unpaired) electrons. The van der Waals surface area contributed by atoms with E-state index in [2.05, 4.69) is 25.4 Å². The number of nitrogens with one attached hydrogen (secondary N) is 2. The highest BCUT2D eigenvalue weighted by atomic mass is 32.1. The van der Waals surface area contributed by atoms with Crippen LogP contribution in [0, 0.1) is 0 Å². The molecule has 0 saturated heterocycles. The molecule has 0 fully saturated rings. The van der Waals surface area contributed by atoms with Gasteiger partial charge in [0.2, 0.25) is 5.88 Å². The Morgan fingerprint density at radius 1 is 1.09 bits per heavy atom. The van der Waals surface area contributed by atoms with Crippen LogP contribution in [-0.2, 0) is 0 Å². The van der Waals surface area contributed by atoms with Crippen LogP contribution in [-0.4, -0.2) is 58.6 Å². The number of benzene rings is 2. The quantitative estimate of drug-likeness (QED) is 0.325. The van der Waals surface area contributed by atoms with E-state index in [-0.39, 0.29) is 0 Å². The third-order valence-corrected chi connectivity index (χ3v) is 6.14. The van der Waals surface area contributed by atoms with Crippen LogP contribution in [0.15, 0.2) is 54.7 Å². The average Bonchev–Trinajstić information content (AvgIpc) is 3.44. The average molecular weight is 459 g/mol. The highest BCUT2D eigenvalue weighted by Gasteiger charge is 2.11. The fourth-order valence-corrected chi connectivity index (χ4v) is 4.36. The molecule has 0 amide bonds. The Morgan fingerprint density at radius 3 is 2.85 bits per heavy atom. The van der Waals surface area contributed by atoms with Gasteiger partial charge < -0.3 is 15.0 Å². The fourth-order valence-electron chi connectivity index (χ4n) is 3.44. The maximum absolute atomic E-state index is 11.2. The van der Waals surface area contributed by atoms with Gasteiger partial charge in [0.25, 0.3) is 0 Å². The summed E-state index contributed by atoms with van der Waals surface area (Å²) >= 11 is 1.45. The number of rotatable bonds is 8. The van der Waals surface area contributed by atoms with Crippen LogP contribution in [0.1, 0.15) is 9.67 Å². The molecule has 3 heterocycles. The van der Waals surface area contributed by atoms with Crippen LogP contribution in [0.5, 0.6) is 5.88 Å². The molecule has 9 heteroatoms. The minimum atomic E-state index is 0.494. The molecule has 0 unspecified atom stereocenters. The number of carbonyl (C=O) groups excluding carboxylic acids is 1. The summed E-state index contributed by atoms with van der Waals surface area (Å²) in [7, 11) is 4.00. The number of thiophene rings is 1. The summed E-state index contributed by atoms with van der Waals surface area (Å²) in [4.78, 5) is 23.3. The molecule has 8 nitrogen and oxygen atoms in total. The van der Waals surface area contributed by atoms with Crippen molar-refractivity contribution < 1.29 is 9.53 Å². The van der Waals surface area contributed by atoms with Crippen molar-refractivity contribution in [1.29, 1.82) is 0 Å². The molecule has 5 aromatic rings. The van der Waals surface area contributed by atoms with Crippen LogP contribution in [0.2, 0.25) is 0 Å². The second-order valence-electron chi connectivity index (χ2n) is 7.88. The standard InChI is InChI=1S/C24H22N6O2S/c1-30(2)7-8-32-23-12-22(26-18-5-6-20-17(9-18)13-25-29-20)27-24(28-23)16-4-3-15-10-19(14-31)33-21(15)11-16/h3-6,9-14H,7-8H2,1-2H3,(H,25,29)(H,26,27,28). The number of H-pyrrole nitrogens is 1. The van der Waals surface area contributed by atoms with Crippen LogP contribution in [0.4, 0.5) is 11.5 Å². The smallest absolute Gasteiger partial charge is 0.219 e. The summed E-state index contributed by atoms with van der Waals surface area (Å²) in [5.41, 5.74) is 2.71. The van der Waals surface area contributed by atoms with Gasteiger partial charge in [-0.3, -0.25) is 9.89 Å². The number of aromatic amines is 1. The molecule has 0 aliphatic carbocycles. The minimum absolute atomic E-state index is 0.494. The van der Waals surface area contributed by atoms with Gasteiger partial charge in [0.1, 0.15) is 12.4 Å². The number of likely N-dealkylation sites (N-methyl/N-ethyl adjacent to an activating group) is 1. The summed E-state index contributed by atoms with van der Waals surface area (Å²) in [6.07, 6.45) is 2.66. The van der Waals surface area contributed by atoms with E-state index in [9.17, 15) is 4.79 Å². The first-order chi connectivity index (χ1) is 16.1. The summed E-state index contributed by atoms with van der Waals surface area (Å²) in [6, 6.07) is 15.6. The van der Waals surface area contributed by atoms with Crippen LogP contribution < -0.4 is 10.1 Å². The molecule has 0 saturated carbocycles. The van der Waals surface area contributed by atoms with E-state index in [0.29, 0.717) is 29.0 Å². The fraction of sp³-hybridized carbons (Fsp3) is 0.167. The molecule has 2 aromatic carbocycles. The molecule has 0 atom stereocenters. The van der Waals surface area contributed by atoms with Crippen molar-refractivity contribution in [3.05, 3.63) is 59.6 Å². The second-order valence-corrected chi connectivity index (χ2v) is 9.00. The molecular weight excluding hydrogens is 436 g/mol. The Labute approximate surface area is 194 Å². The van der Waals surface area contributed by atoms with Gasteiger partial charge in [0, 0.05) is 33.9 Å². The summed E-state index contributed by atoms with van der Waals surface area (Å²) in [5, 5.41) is 12.4. The predicted octanol–water partition coefficient (Wildman–Crippen LogP) is 4.73. The van der Waals surface area contributed by atoms with Crippen molar-refractivity contribution in [1.82, 2.24) is 25.1 Å². The van der Waals surface area contributed by atoms with Gasteiger partial charge in [-0.05, 0) is 49.8 Å². The van der Waals surface area contributed by atoms with E-state index in [0.717, 1.165) is 45.1 Å². The van der Waals surface area contributed by atoms with Gasteiger partial charge in [-0.15, -0.1) is 11.3 Å². The molecule has 3 aromatic heterocycles. The number of nitrogens with zero attached hydrogens (tertiary/aromatic N) is 4. The maximum atomic E-state index is 11.2. The molecule has 0 aliphatic rings. The van der Waals surface area contributed by atoms with E-state index >= 15 is 0 Å². The lowest BCUT2D eigenvalue weighted by Crippen LogP contribution is -2.19. The van der Waals surface area contributed by atoms with E-state index in [4.69, 9.17) is 9.72 Å². The molecule has 5 rings (SSSR count). The molecular formula is C24H22N6O2S. The van der Waals surface area contributed by atoms with Crippen molar-refractivity contribution >= 4 is 50.1 Å². The van der Waals surface area contributed by atoms with Crippen LogP contribution in [0.3, 0.4) is 0 Å². The molecule has 33 heavy (non-hydrogen) atoms. The number of hydrogen-bond donors (Lipinski definition) is 2. The van der Waals surface area contributed by atoms with Gasteiger partial charge in [0.05, 0.1) is 16.6 Å². The first-order valence-electron chi connectivity index (χ1n) is 10.4. The zero-order valence-corrected chi connectivity index (χ0v) is 19.0. The predicted molar refractivity (Wildman–Crippen MR) is 132 cm³/mol. The number of ether oxygens (including phenoxy) is 1. The number of fused-ring (bicyclic) bond motifs is 2. The molecule has 0 spiro atoms. The van der Waals surface area contributed by atoms with Crippen molar-refractivity contribution in [2.45, 2.75) is 0 Å². The first-order valence-corrected chi connectivity index (χ1v) is 11.2. The van der Waals surface area contributed by atoms with Gasteiger partial charge in [-0.25, -0.2) is 4.98 Å². The highest BCUT2D eigenvalue weighted by Crippen LogP contribution is 2.30. The zero-order valence-electron chi connectivity index (χ0n) is 18.2. The number of carbonyl (C=O) groups is 1. The first kappa shape index (κ1) is 21.0. The lowest BCUT2D eigenvalue weighted by Gasteiger charge is -2.13. The van der Waals surface area contributed by atoms with Crippen molar-refractivity contribution in [3.8, 4) is 17.3 Å².